The lowest BCUT2D eigenvalue weighted by Gasteiger charge is -2.31. The van der Waals surface area contributed by atoms with E-state index < -0.39 is 5.97 Å². The van der Waals surface area contributed by atoms with Crippen LogP contribution in [0.5, 0.6) is 0 Å². The Labute approximate surface area is 141 Å². The molecule has 0 aliphatic carbocycles. The molecule has 24 heavy (non-hydrogen) atoms. The van der Waals surface area contributed by atoms with Crippen LogP contribution < -0.4 is 4.90 Å². The number of aliphatic carboxylic acids is 1. The molecule has 3 rings (SSSR count). The first kappa shape index (κ1) is 16.4. The molecule has 1 N–H and O–H groups in total. The average Bonchev–Trinajstić information content (AvgIpc) is 2.62. The maximum absolute atomic E-state index is 11.1. The first-order valence-electron chi connectivity index (χ1n) is 8.31. The molecule has 0 atom stereocenters. The summed E-state index contributed by atoms with van der Waals surface area (Å²) in [5.74, 6) is 0.928. The second kappa shape index (κ2) is 6.95. The summed E-state index contributed by atoms with van der Waals surface area (Å²) in [4.78, 5) is 26.7. The molecule has 0 radical (unpaired) electrons. The third kappa shape index (κ3) is 3.53. The highest BCUT2D eigenvalue weighted by Crippen LogP contribution is 2.27. The van der Waals surface area contributed by atoms with Gasteiger partial charge in [0.25, 0.3) is 0 Å². The van der Waals surface area contributed by atoms with E-state index in [2.05, 4.69) is 28.7 Å². The van der Waals surface area contributed by atoms with E-state index >= 15 is 0 Å². The van der Waals surface area contributed by atoms with E-state index in [1.54, 1.807) is 12.4 Å². The molecule has 2 aromatic heterocycles. The number of nitrogens with zero attached hydrogens (tertiary/aromatic N) is 4. The summed E-state index contributed by atoms with van der Waals surface area (Å²) >= 11 is 0. The number of rotatable bonds is 4. The van der Waals surface area contributed by atoms with E-state index in [1.807, 2.05) is 18.2 Å². The van der Waals surface area contributed by atoms with E-state index in [0.29, 0.717) is 37.7 Å². The zero-order valence-electron chi connectivity index (χ0n) is 14.0. The molecule has 0 aromatic carbocycles. The molecular formula is C18H22N4O2. The van der Waals surface area contributed by atoms with E-state index in [-0.39, 0.29) is 5.92 Å². The van der Waals surface area contributed by atoms with Crippen LogP contribution in [0.4, 0.5) is 5.82 Å². The Morgan fingerprint density at radius 2 is 1.88 bits per heavy atom. The Morgan fingerprint density at radius 1 is 1.21 bits per heavy atom. The number of aromatic nitrogens is 3. The van der Waals surface area contributed by atoms with Crippen molar-refractivity contribution >= 4 is 11.8 Å². The van der Waals surface area contributed by atoms with Crippen LogP contribution in [0, 0.1) is 5.92 Å². The largest absolute Gasteiger partial charge is 0.481 e. The van der Waals surface area contributed by atoms with Gasteiger partial charge in [-0.05, 0) is 30.9 Å². The van der Waals surface area contributed by atoms with Gasteiger partial charge in [0, 0.05) is 42.8 Å². The number of hydrogen-bond acceptors (Lipinski definition) is 5. The Hall–Kier alpha value is -2.50. The van der Waals surface area contributed by atoms with Crippen LogP contribution in [0.3, 0.4) is 0 Å². The highest BCUT2D eigenvalue weighted by molar-refractivity contribution is 5.70. The smallest absolute Gasteiger partial charge is 0.306 e. The fourth-order valence-corrected chi connectivity index (χ4v) is 2.90. The van der Waals surface area contributed by atoms with Gasteiger partial charge in [0.2, 0.25) is 0 Å². The predicted molar refractivity (Wildman–Crippen MR) is 91.9 cm³/mol. The molecule has 6 heteroatoms. The van der Waals surface area contributed by atoms with Crippen LogP contribution in [0.1, 0.15) is 38.3 Å². The molecule has 3 heterocycles. The van der Waals surface area contributed by atoms with Gasteiger partial charge in [-0.25, -0.2) is 9.97 Å². The van der Waals surface area contributed by atoms with Crippen LogP contribution in [0.2, 0.25) is 0 Å². The summed E-state index contributed by atoms with van der Waals surface area (Å²) in [5.41, 5.74) is 1.93. The van der Waals surface area contributed by atoms with Crippen molar-refractivity contribution in [3.63, 3.8) is 0 Å². The average molecular weight is 326 g/mol. The topological polar surface area (TPSA) is 79.2 Å². The molecule has 0 unspecified atom stereocenters. The van der Waals surface area contributed by atoms with Gasteiger partial charge >= 0.3 is 5.97 Å². The molecule has 0 saturated carbocycles. The van der Waals surface area contributed by atoms with Gasteiger partial charge in [0.05, 0.1) is 5.92 Å². The summed E-state index contributed by atoms with van der Waals surface area (Å²) in [6.07, 6.45) is 4.78. The molecule has 0 spiro atoms. The lowest BCUT2D eigenvalue weighted by atomic mass is 9.97. The van der Waals surface area contributed by atoms with Gasteiger partial charge in [-0.15, -0.1) is 0 Å². The number of carboxylic acids is 1. The lowest BCUT2D eigenvalue weighted by Crippen LogP contribution is -2.37. The third-order valence-electron chi connectivity index (χ3n) is 4.43. The van der Waals surface area contributed by atoms with E-state index in [0.717, 1.165) is 17.1 Å². The van der Waals surface area contributed by atoms with E-state index in [9.17, 15) is 4.79 Å². The lowest BCUT2D eigenvalue weighted by molar-refractivity contribution is -0.142. The Kier molecular flexibility index (Phi) is 4.74. The van der Waals surface area contributed by atoms with Crippen molar-refractivity contribution in [2.24, 2.45) is 5.92 Å². The number of carboxylic acid groups (broad SMARTS) is 1. The molecular weight excluding hydrogens is 304 g/mol. The normalized spacial score (nSPS) is 15.7. The van der Waals surface area contributed by atoms with Gasteiger partial charge in [-0.1, -0.05) is 13.8 Å². The summed E-state index contributed by atoms with van der Waals surface area (Å²) < 4.78 is 0. The maximum Gasteiger partial charge on any atom is 0.306 e. The molecule has 0 bridgehead atoms. The quantitative estimate of drug-likeness (QED) is 0.930. The maximum atomic E-state index is 11.1. The molecule has 126 valence electrons. The molecule has 1 aliphatic heterocycles. The predicted octanol–water partition coefficient (Wildman–Crippen LogP) is 2.96. The Balaban J connectivity index is 1.90. The minimum absolute atomic E-state index is 0.243. The number of carbonyl (C=O) groups is 1. The van der Waals surface area contributed by atoms with Crippen molar-refractivity contribution < 1.29 is 9.90 Å². The number of anilines is 1. The third-order valence-corrected chi connectivity index (χ3v) is 4.43. The summed E-state index contributed by atoms with van der Waals surface area (Å²) in [6.45, 7) is 5.64. The first-order chi connectivity index (χ1) is 11.5. The minimum atomic E-state index is -0.697. The van der Waals surface area contributed by atoms with Gasteiger partial charge in [-0.2, -0.15) is 0 Å². The van der Waals surface area contributed by atoms with Crippen molar-refractivity contribution in [3.8, 4) is 11.4 Å². The molecule has 1 fully saturated rings. The van der Waals surface area contributed by atoms with Crippen LogP contribution in [-0.2, 0) is 4.79 Å². The second-order valence-corrected chi connectivity index (χ2v) is 6.46. The molecule has 1 aliphatic rings. The van der Waals surface area contributed by atoms with Gasteiger partial charge in [0.1, 0.15) is 5.82 Å². The highest BCUT2D eigenvalue weighted by atomic mass is 16.4. The van der Waals surface area contributed by atoms with Crippen molar-refractivity contribution in [1.82, 2.24) is 15.0 Å². The SMILES string of the molecule is CC(C)c1cc(N2CCC(C(=O)O)CC2)nc(-c2ccncc2)n1. The van der Waals surface area contributed by atoms with Crippen molar-refractivity contribution in [3.05, 3.63) is 36.3 Å². The standard InChI is InChI=1S/C18H22N4O2/c1-12(2)15-11-16(22-9-5-14(6-10-22)18(23)24)21-17(20-15)13-3-7-19-8-4-13/h3-4,7-8,11-12,14H,5-6,9-10H2,1-2H3,(H,23,24). The molecule has 2 aromatic rings. The monoisotopic (exact) mass is 326 g/mol. The molecule has 1 saturated heterocycles. The molecule has 0 amide bonds. The minimum Gasteiger partial charge on any atom is -0.481 e. The van der Waals surface area contributed by atoms with Crippen LogP contribution in [0.25, 0.3) is 11.4 Å². The summed E-state index contributed by atoms with van der Waals surface area (Å²) in [5, 5.41) is 9.15. The van der Waals surface area contributed by atoms with Gasteiger partial charge in [-0.3, -0.25) is 9.78 Å². The van der Waals surface area contributed by atoms with Gasteiger partial charge < -0.3 is 10.0 Å². The van der Waals surface area contributed by atoms with Crippen LogP contribution in [0.15, 0.2) is 30.6 Å². The van der Waals surface area contributed by atoms with Crippen LogP contribution >= 0.6 is 0 Å². The van der Waals surface area contributed by atoms with Crippen molar-refractivity contribution in [1.29, 1.82) is 0 Å². The van der Waals surface area contributed by atoms with Crippen LogP contribution in [-0.4, -0.2) is 39.1 Å². The zero-order chi connectivity index (χ0) is 17.1. The van der Waals surface area contributed by atoms with Crippen molar-refractivity contribution in [2.45, 2.75) is 32.6 Å². The Bertz CT molecular complexity index is 710. The second-order valence-electron chi connectivity index (χ2n) is 6.46. The Morgan fingerprint density at radius 3 is 2.46 bits per heavy atom. The fourth-order valence-electron chi connectivity index (χ4n) is 2.90. The number of piperidine rings is 1. The van der Waals surface area contributed by atoms with E-state index in [4.69, 9.17) is 10.1 Å². The first-order valence-corrected chi connectivity index (χ1v) is 8.31. The number of pyridine rings is 1. The highest BCUT2D eigenvalue weighted by Gasteiger charge is 2.25. The van der Waals surface area contributed by atoms with Gasteiger partial charge in [0.15, 0.2) is 5.82 Å². The summed E-state index contributed by atoms with van der Waals surface area (Å²) in [6, 6.07) is 5.83. The van der Waals surface area contributed by atoms with Crippen molar-refractivity contribution in [2.75, 3.05) is 18.0 Å². The molecule has 6 nitrogen and oxygen atoms in total. The van der Waals surface area contributed by atoms with E-state index in [1.165, 1.54) is 0 Å². The zero-order valence-corrected chi connectivity index (χ0v) is 14.0. The number of hydrogen-bond donors (Lipinski definition) is 1. The fraction of sp³-hybridized carbons (Fsp3) is 0.444. The summed E-state index contributed by atoms with van der Waals surface area (Å²) in [7, 11) is 0.